The van der Waals surface area contributed by atoms with Gasteiger partial charge in [-0.15, -0.1) is 11.3 Å². The van der Waals surface area contributed by atoms with Crippen molar-refractivity contribution in [2.24, 2.45) is 0 Å². The molecule has 10 heteroatoms. The highest BCUT2D eigenvalue weighted by Gasteiger charge is 2.30. The van der Waals surface area contributed by atoms with Gasteiger partial charge < -0.3 is 10.2 Å². The number of thiophene rings is 1. The molecule has 1 aliphatic heterocycles. The van der Waals surface area contributed by atoms with Crippen LogP contribution in [-0.2, 0) is 10.0 Å². The maximum absolute atomic E-state index is 13.2. The fraction of sp³-hybridized carbons (Fsp3) is 0.412. The highest BCUT2D eigenvalue weighted by Crippen LogP contribution is 2.36. The summed E-state index contributed by atoms with van der Waals surface area (Å²) in [7, 11) is -3.26. The Morgan fingerprint density at radius 1 is 1.15 bits per heavy atom. The van der Waals surface area contributed by atoms with Gasteiger partial charge in [-0.05, 0) is 13.0 Å². The van der Waals surface area contributed by atoms with E-state index in [9.17, 15) is 18.0 Å². The third-order valence-electron chi connectivity index (χ3n) is 4.37. The first kappa shape index (κ1) is 19.6. The summed E-state index contributed by atoms with van der Waals surface area (Å²) in [4.78, 5) is 26.8. The highest BCUT2D eigenvalue weighted by molar-refractivity contribution is 7.88. The molecule has 1 aromatic carbocycles. The van der Waals surface area contributed by atoms with E-state index in [1.165, 1.54) is 21.9 Å². The van der Waals surface area contributed by atoms with E-state index in [2.05, 4.69) is 10.6 Å². The number of hydrogen-bond donors (Lipinski definition) is 2. The second-order valence-electron chi connectivity index (χ2n) is 6.24. The Labute approximate surface area is 162 Å². The van der Waals surface area contributed by atoms with Crippen LogP contribution in [0.3, 0.4) is 0 Å². The van der Waals surface area contributed by atoms with E-state index in [0.29, 0.717) is 30.2 Å². The van der Waals surface area contributed by atoms with Gasteiger partial charge in [-0.1, -0.05) is 18.2 Å². The minimum absolute atomic E-state index is 0.201. The van der Waals surface area contributed by atoms with Crippen LogP contribution in [0.25, 0.3) is 10.1 Å². The zero-order valence-corrected chi connectivity index (χ0v) is 16.8. The molecule has 0 aliphatic carbocycles. The SMILES string of the molecule is CCNC(=O)Nc1sc2ccccc2c1C(=O)N1CCN(S(C)(=O)=O)CC1. The van der Waals surface area contributed by atoms with Gasteiger partial charge in [-0.2, -0.15) is 4.31 Å². The van der Waals surface area contributed by atoms with E-state index in [1.54, 1.807) is 4.90 Å². The Bertz CT molecular complexity index is 962. The van der Waals surface area contributed by atoms with E-state index in [0.717, 1.165) is 10.1 Å². The molecule has 27 heavy (non-hydrogen) atoms. The molecule has 2 aromatic rings. The van der Waals surface area contributed by atoms with Crippen LogP contribution in [0.4, 0.5) is 9.80 Å². The number of anilines is 1. The van der Waals surface area contributed by atoms with Gasteiger partial charge in [0.25, 0.3) is 5.91 Å². The van der Waals surface area contributed by atoms with E-state index in [4.69, 9.17) is 0 Å². The van der Waals surface area contributed by atoms with Crippen molar-refractivity contribution in [2.45, 2.75) is 6.92 Å². The summed E-state index contributed by atoms with van der Waals surface area (Å²) in [5, 5.41) is 6.71. The minimum Gasteiger partial charge on any atom is -0.338 e. The van der Waals surface area contributed by atoms with E-state index < -0.39 is 10.0 Å². The molecule has 2 N–H and O–H groups in total. The number of sulfonamides is 1. The number of piperazine rings is 1. The maximum atomic E-state index is 13.2. The van der Waals surface area contributed by atoms with Crippen molar-refractivity contribution in [3.63, 3.8) is 0 Å². The zero-order valence-electron chi connectivity index (χ0n) is 15.2. The molecule has 3 rings (SSSR count). The van der Waals surface area contributed by atoms with Crippen LogP contribution in [0.15, 0.2) is 24.3 Å². The average Bonchev–Trinajstić information content (AvgIpc) is 2.98. The first-order valence-electron chi connectivity index (χ1n) is 8.62. The lowest BCUT2D eigenvalue weighted by Crippen LogP contribution is -2.50. The van der Waals surface area contributed by atoms with Crippen LogP contribution in [0, 0.1) is 0 Å². The minimum atomic E-state index is -3.26. The Morgan fingerprint density at radius 3 is 2.44 bits per heavy atom. The van der Waals surface area contributed by atoms with Crippen molar-refractivity contribution in [3.05, 3.63) is 29.8 Å². The molecule has 0 atom stereocenters. The normalized spacial score (nSPS) is 15.7. The Kier molecular flexibility index (Phi) is 5.68. The topological polar surface area (TPSA) is 98.8 Å². The van der Waals surface area contributed by atoms with Crippen LogP contribution >= 0.6 is 11.3 Å². The molecule has 0 unspecified atom stereocenters. The Balaban J connectivity index is 1.88. The molecule has 0 spiro atoms. The predicted octanol–water partition coefficient (Wildman–Crippen LogP) is 1.76. The molecule has 3 amide bonds. The number of benzene rings is 1. The average molecular weight is 411 g/mol. The number of amides is 3. The van der Waals surface area contributed by atoms with Crippen molar-refractivity contribution in [1.82, 2.24) is 14.5 Å². The quantitative estimate of drug-likeness (QED) is 0.802. The molecule has 1 aromatic heterocycles. The summed E-state index contributed by atoms with van der Waals surface area (Å²) in [5.74, 6) is -0.201. The lowest BCUT2D eigenvalue weighted by atomic mass is 10.1. The standard InChI is InChI=1S/C17H22N4O4S2/c1-3-18-17(23)19-15-14(12-6-4-5-7-13(12)26-15)16(22)20-8-10-21(11-9-20)27(2,24)25/h4-7H,3,8-11H2,1-2H3,(H2,18,19,23). The van der Waals surface area contributed by atoms with Crippen molar-refractivity contribution in [2.75, 3.05) is 44.3 Å². The van der Waals surface area contributed by atoms with Crippen LogP contribution in [0.2, 0.25) is 0 Å². The van der Waals surface area contributed by atoms with Crippen molar-refractivity contribution >= 4 is 48.4 Å². The molecule has 0 radical (unpaired) electrons. The van der Waals surface area contributed by atoms with E-state index in [-0.39, 0.29) is 25.0 Å². The first-order chi connectivity index (χ1) is 12.8. The molecule has 0 bridgehead atoms. The third kappa shape index (κ3) is 4.23. The third-order valence-corrected chi connectivity index (χ3v) is 6.76. The van der Waals surface area contributed by atoms with Crippen LogP contribution in [0.5, 0.6) is 0 Å². The number of urea groups is 1. The van der Waals surface area contributed by atoms with E-state index >= 15 is 0 Å². The van der Waals surface area contributed by atoms with Gasteiger partial charge in [0, 0.05) is 42.8 Å². The molecule has 0 saturated carbocycles. The first-order valence-corrected chi connectivity index (χ1v) is 11.3. The Morgan fingerprint density at radius 2 is 1.81 bits per heavy atom. The molecular weight excluding hydrogens is 388 g/mol. The molecule has 1 saturated heterocycles. The summed E-state index contributed by atoms with van der Waals surface area (Å²) in [6.45, 7) is 3.47. The van der Waals surface area contributed by atoms with Gasteiger partial charge in [-0.25, -0.2) is 13.2 Å². The maximum Gasteiger partial charge on any atom is 0.319 e. The zero-order chi connectivity index (χ0) is 19.6. The van der Waals surface area contributed by atoms with E-state index in [1.807, 2.05) is 31.2 Å². The number of carbonyl (C=O) groups is 2. The number of nitrogens with one attached hydrogen (secondary N) is 2. The smallest absolute Gasteiger partial charge is 0.319 e. The lowest BCUT2D eigenvalue weighted by Gasteiger charge is -2.33. The number of nitrogens with zero attached hydrogens (tertiary/aromatic N) is 2. The van der Waals surface area contributed by atoms with Crippen molar-refractivity contribution < 1.29 is 18.0 Å². The number of hydrogen-bond acceptors (Lipinski definition) is 5. The predicted molar refractivity (Wildman–Crippen MR) is 107 cm³/mol. The van der Waals surface area contributed by atoms with Gasteiger partial charge in [0.2, 0.25) is 10.0 Å². The summed E-state index contributed by atoms with van der Waals surface area (Å²) in [5.41, 5.74) is 0.453. The molecular formula is C17H22N4O4S2. The van der Waals surface area contributed by atoms with Gasteiger partial charge in [-0.3, -0.25) is 10.1 Å². The lowest BCUT2D eigenvalue weighted by molar-refractivity contribution is 0.0701. The molecule has 2 heterocycles. The number of rotatable bonds is 4. The summed E-state index contributed by atoms with van der Waals surface area (Å²) in [6.07, 6.45) is 1.17. The molecule has 1 aliphatic rings. The molecule has 1 fully saturated rings. The second-order valence-corrected chi connectivity index (χ2v) is 9.28. The van der Waals surface area contributed by atoms with Gasteiger partial charge in [0.15, 0.2) is 0 Å². The second kappa shape index (κ2) is 7.83. The van der Waals surface area contributed by atoms with Crippen LogP contribution < -0.4 is 10.6 Å². The highest BCUT2D eigenvalue weighted by atomic mass is 32.2. The number of carbonyl (C=O) groups excluding carboxylic acids is 2. The van der Waals surface area contributed by atoms with Crippen LogP contribution in [0.1, 0.15) is 17.3 Å². The molecule has 8 nitrogen and oxygen atoms in total. The van der Waals surface area contributed by atoms with Crippen LogP contribution in [-0.4, -0.2) is 68.5 Å². The van der Waals surface area contributed by atoms with Gasteiger partial charge in [0.05, 0.1) is 11.8 Å². The monoisotopic (exact) mass is 410 g/mol. The summed E-state index contributed by atoms with van der Waals surface area (Å²) >= 11 is 1.35. The largest absolute Gasteiger partial charge is 0.338 e. The van der Waals surface area contributed by atoms with Crippen molar-refractivity contribution in [3.8, 4) is 0 Å². The summed E-state index contributed by atoms with van der Waals surface area (Å²) < 4.78 is 25.6. The van der Waals surface area contributed by atoms with Gasteiger partial charge in [0.1, 0.15) is 5.00 Å². The number of fused-ring (bicyclic) bond motifs is 1. The molecule has 146 valence electrons. The Hall–Kier alpha value is -2.17. The van der Waals surface area contributed by atoms with Crippen molar-refractivity contribution in [1.29, 1.82) is 0 Å². The van der Waals surface area contributed by atoms with Gasteiger partial charge >= 0.3 is 6.03 Å². The fourth-order valence-electron chi connectivity index (χ4n) is 3.03. The fourth-order valence-corrected chi connectivity index (χ4v) is 4.95. The summed E-state index contributed by atoms with van der Waals surface area (Å²) in [6, 6.07) is 7.13.